The molecule has 51 heavy (non-hydrogen) atoms. The maximum absolute atomic E-state index is 14.1. The molecule has 1 aliphatic carbocycles. The Hall–Kier alpha value is -3.55. The van der Waals surface area contributed by atoms with Crippen LogP contribution in [0.25, 0.3) is 0 Å². The third-order valence-electron chi connectivity index (χ3n) is 10.2. The largest absolute Gasteiger partial charge is 0.484 e. The maximum Gasteiger partial charge on any atom is 0.258 e. The molecule has 1 saturated heterocycles. The molecule has 1 saturated carbocycles. The molecular formula is C38H55FN4O7S. The average Bonchev–Trinajstić information content (AvgIpc) is 3.04. The van der Waals surface area contributed by atoms with Gasteiger partial charge in [-0.2, -0.15) is 0 Å². The summed E-state index contributed by atoms with van der Waals surface area (Å²) in [4.78, 5) is 42.9. The lowest BCUT2D eigenvalue weighted by molar-refractivity contribution is -0.133. The Balaban J connectivity index is 1.58. The number of carbonyl (C=O) groups excluding carboxylic acids is 3. The predicted octanol–water partition coefficient (Wildman–Crippen LogP) is 3.40. The molecule has 0 spiro atoms. The number of likely N-dealkylation sites (tertiary alicyclic amines) is 1. The van der Waals surface area contributed by atoms with Crippen molar-refractivity contribution in [3.63, 3.8) is 0 Å². The molecule has 2 fully saturated rings. The topological polar surface area (TPSA) is 154 Å². The number of piperidine rings is 1. The molecule has 4 rings (SSSR count). The number of fused-ring (bicyclic) bond motifs is 1. The second-order valence-electron chi connectivity index (χ2n) is 15.7. The normalized spacial score (nSPS) is 21.8. The Morgan fingerprint density at radius 1 is 0.980 bits per heavy atom. The SMILES string of the molecule is CC(C)(C)NC(=O)[C@@H]1CC2CCCCC2CN1C[C@@H](O)[C@H](Cc1ccccc1)NC(=O)[C@@H](NC(=O)COc1cccc(F)c1)C(C)(C)S(C)(=O)=O. The van der Waals surface area contributed by atoms with Crippen LogP contribution in [0.2, 0.25) is 0 Å². The first-order valence-corrected chi connectivity index (χ1v) is 19.7. The number of amides is 3. The van der Waals surface area contributed by atoms with Crippen molar-refractivity contribution in [2.75, 3.05) is 26.0 Å². The van der Waals surface area contributed by atoms with Gasteiger partial charge in [0.1, 0.15) is 17.6 Å². The lowest BCUT2D eigenvalue weighted by Crippen LogP contribution is -2.64. The fourth-order valence-corrected chi connectivity index (χ4v) is 7.68. The molecule has 6 atom stereocenters. The minimum Gasteiger partial charge on any atom is -0.484 e. The summed E-state index contributed by atoms with van der Waals surface area (Å²) in [6, 6.07) is 11.5. The third kappa shape index (κ3) is 11.2. The van der Waals surface area contributed by atoms with Gasteiger partial charge in [0.15, 0.2) is 16.4 Å². The number of nitrogens with zero attached hydrogens (tertiary/aromatic N) is 1. The standard InChI is InChI=1S/C38H55FN4O7S/c1-37(2,3)42-35(46)31-20-26-15-10-11-16-27(26)22-43(31)23-32(44)30(19-25-13-8-7-9-14-25)40-36(47)34(38(4,5)51(6,48)49)41-33(45)24-50-29-18-12-17-28(39)21-29/h7-9,12-14,17-18,21,26-27,30-32,34,44H,10-11,15-16,19-20,22-24H2,1-6H3,(H,40,47)(H,41,45)(H,42,46)/t26?,27?,30-,31-,32+,34+/m0/s1. The monoisotopic (exact) mass is 730 g/mol. The summed E-state index contributed by atoms with van der Waals surface area (Å²) in [6.45, 7) is 8.62. The van der Waals surface area contributed by atoms with E-state index in [1.165, 1.54) is 32.0 Å². The zero-order valence-corrected chi connectivity index (χ0v) is 31.5. The lowest BCUT2D eigenvalue weighted by Gasteiger charge is -2.47. The Kier molecular flexibility index (Phi) is 13.3. The summed E-state index contributed by atoms with van der Waals surface area (Å²) in [5, 5.41) is 20.4. The molecule has 1 aliphatic heterocycles. The number of nitrogens with one attached hydrogen (secondary N) is 3. The molecule has 0 aromatic heterocycles. The van der Waals surface area contributed by atoms with E-state index in [-0.39, 0.29) is 24.6 Å². The Morgan fingerprint density at radius 3 is 2.27 bits per heavy atom. The third-order valence-corrected chi connectivity index (χ3v) is 12.3. The number of β-amino-alcohol motifs (C(OH)–C–C–N with tert-alkyl or cyclic N) is 1. The van der Waals surface area contributed by atoms with Gasteiger partial charge >= 0.3 is 0 Å². The van der Waals surface area contributed by atoms with Crippen molar-refractivity contribution in [3.05, 3.63) is 66.0 Å². The van der Waals surface area contributed by atoms with Crippen LogP contribution in [-0.4, -0.2) is 96.6 Å². The van der Waals surface area contributed by atoms with Gasteiger partial charge in [-0.15, -0.1) is 0 Å². The molecule has 282 valence electrons. The Bertz CT molecular complexity index is 1620. The predicted molar refractivity (Wildman–Crippen MR) is 194 cm³/mol. The highest BCUT2D eigenvalue weighted by Gasteiger charge is 2.46. The number of rotatable bonds is 14. The smallest absolute Gasteiger partial charge is 0.258 e. The van der Waals surface area contributed by atoms with E-state index in [0.29, 0.717) is 24.8 Å². The quantitative estimate of drug-likeness (QED) is 0.231. The van der Waals surface area contributed by atoms with Gasteiger partial charge in [-0.1, -0.05) is 55.7 Å². The second kappa shape index (κ2) is 16.9. The fourth-order valence-electron chi connectivity index (χ4n) is 7.09. The number of hydrogen-bond acceptors (Lipinski definition) is 8. The molecule has 0 bridgehead atoms. The van der Waals surface area contributed by atoms with Crippen LogP contribution in [0.4, 0.5) is 4.39 Å². The van der Waals surface area contributed by atoms with Gasteiger partial charge in [0.2, 0.25) is 11.8 Å². The molecule has 2 aliphatic rings. The van der Waals surface area contributed by atoms with E-state index in [1.54, 1.807) is 0 Å². The summed E-state index contributed by atoms with van der Waals surface area (Å²) in [6.07, 6.45) is 5.10. The molecule has 2 unspecified atom stereocenters. The van der Waals surface area contributed by atoms with Crippen LogP contribution in [-0.2, 0) is 30.6 Å². The van der Waals surface area contributed by atoms with Gasteiger partial charge in [0, 0.05) is 31.0 Å². The highest BCUT2D eigenvalue weighted by molar-refractivity contribution is 7.92. The van der Waals surface area contributed by atoms with Crippen LogP contribution in [0, 0.1) is 17.7 Å². The van der Waals surface area contributed by atoms with Crippen LogP contribution in [0.3, 0.4) is 0 Å². The molecule has 2 aromatic carbocycles. The molecule has 3 amide bonds. The Labute approximate surface area is 302 Å². The van der Waals surface area contributed by atoms with Gasteiger partial charge in [-0.25, -0.2) is 12.8 Å². The molecule has 1 heterocycles. The number of carbonyl (C=O) groups is 3. The summed E-state index contributed by atoms with van der Waals surface area (Å²) in [5.41, 5.74) is 0.379. The molecule has 0 radical (unpaired) electrons. The molecule has 13 heteroatoms. The minimum absolute atomic E-state index is 0.0892. The molecular weight excluding hydrogens is 676 g/mol. The number of hydrogen-bond donors (Lipinski definition) is 4. The summed E-state index contributed by atoms with van der Waals surface area (Å²) in [5.74, 6) is -1.34. The Morgan fingerprint density at radius 2 is 1.65 bits per heavy atom. The molecule has 11 nitrogen and oxygen atoms in total. The maximum atomic E-state index is 14.1. The number of ether oxygens (including phenoxy) is 1. The van der Waals surface area contributed by atoms with Crippen molar-refractivity contribution in [2.45, 2.75) is 108 Å². The van der Waals surface area contributed by atoms with Crippen molar-refractivity contribution in [3.8, 4) is 5.75 Å². The molecule has 4 N–H and O–H groups in total. The summed E-state index contributed by atoms with van der Waals surface area (Å²) >= 11 is 0. The van der Waals surface area contributed by atoms with Crippen LogP contribution in [0.15, 0.2) is 54.6 Å². The van der Waals surface area contributed by atoms with E-state index in [1.807, 2.05) is 56.0 Å². The number of aliphatic hydroxyl groups is 1. The van der Waals surface area contributed by atoms with E-state index >= 15 is 0 Å². The number of benzene rings is 2. The van der Waals surface area contributed by atoms with Crippen molar-refractivity contribution < 1.29 is 37.0 Å². The highest BCUT2D eigenvalue weighted by Crippen LogP contribution is 2.39. The van der Waals surface area contributed by atoms with Crippen molar-refractivity contribution in [2.24, 2.45) is 11.8 Å². The van der Waals surface area contributed by atoms with Crippen LogP contribution >= 0.6 is 0 Å². The van der Waals surface area contributed by atoms with Crippen LogP contribution in [0.5, 0.6) is 5.75 Å². The average molecular weight is 731 g/mol. The van der Waals surface area contributed by atoms with Gasteiger partial charge in [0.05, 0.1) is 22.9 Å². The van der Waals surface area contributed by atoms with E-state index in [9.17, 15) is 32.3 Å². The number of sulfone groups is 1. The van der Waals surface area contributed by atoms with Crippen molar-refractivity contribution >= 4 is 27.6 Å². The number of aliphatic hydroxyl groups excluding tert-OH is 1. The summed E-state index contributed by atoms with van der Waals surface area (Å²) < 4.78 is 43.2. The van der Waals surface area contributed by atoms with Crippen molar-refractivity contribution in [1.29, 1.82) is 0 Å². The minimum atomic E-state index is -3.93. The van der Waals surface area contributed by atoms with Crippen LogP contribution in [0.1, 0.15) is 72.3 Å². The van der Waals surface area contributed by atoms with Gasteiger partial charge in [0.25, 0.3) is 5.91 Å². The van der Waals surface area contributed by atoms with Gasteiger partial charge in [-0.05, 0) is 83.4 Å². The first kappa shape index (κ1) is 40.2. The van der Waals surface area contributed by atoms with Crippen LogP contribution < -0.4 is 20.7 Å². The van der Waals surface area contributed by atoms with E-state index in [2.05, 4.69) is 16.0 Å². The van der Waals surface area contributed by atoms with E-state index in [4.69, 9.17) is 4.74 Å². The number of halogens is 1. The van der Waals surface area contributed by atoms with E-state index in [0.717, 1.165) is 43.6 Å². The van der Waals surface area contributed by atoms with Crippen molar-refractivity contribution in [1.82, 2.24) is 20.9 Å². The zero-order chi connectivity index (χ0) is 37.6. The van der Waals surface area contributed by atoms with Gasteiger partial charge < -0.3 is 25.8 Å². The van der Waals surface area contributed by atoms with Gasteiger partial charge in [-0.3, -0.25) is 19.3 Å². The fraction of sp³-hybridized carbons (Fsp3) is 0.605. The van der Waals surface area contributed by atoms with E-state index < -0.39 is 68.6 Å². The summed E-state index contributed by atoms with van der Waals surface area (Å²) in [7, 11) is -3.93. The first-order valence-electron chi connectivity index (χ1n) is 17.8. The first-order chi connectivity index (χ1) is 23.8. The second-order valence-corrected chi connectivity index (χ2v) is 18.3. The zero-order valence-electron chi connectivity index (χ0n) is 30.7. The highest BCUT2D eigenvalue weighted by atomic mass is 32.2. The molecule has 2 aromatic rings. The lowest BCUT2D eigenvalue weighted by atomic mass is 9.72.